The van der Waals surface area contributed by atoms with Crippen LogP contribution in [0, 0.1) is 0 Å². The zero-order valence-corrected chi connectivity index (χ0v) is 19.5. The summed E-state index contributed by atoms with van der Waals surface area (Å²) in [7, 11) is 0. The minimum Gasteiger partial charge on any atom is -0.462 e. The molecule has 176 valence electrons. The summed E-state index contributed by atoms with van der Waals surface area (Å²) in [5.74, 6) is -0.718. The minimum atomic E-state index is -0.789. The fourth-order valence-corrected chi connectivity index (χ4v) is 3.25. The summed E-state index contributed by atoms with van der Waals surface area (Å²) in [5.41, 5.74) is 0. The van der Waals surface area contributed by atoms with Gasteiger partial charge in [-0.2, -0.15) is 0 Å². The van der Waals surface area contributed by atoms with Gasteiger partial charge in [-0.1, -0.05) is 103 Å². The molecule has 0 aliphatic heterocycles. The van der Waals surface area contributed by atoms with E-state index in [2.05, 4.69) is 6.92 Å². The molecule has 0 aromatic heterocycles. The summed E-state index contributed by atoms with van der Waals surface area (Å²) in [4.78, 5) is 23.4. The van der Waals surface area contributed by atoms with Crippen molar-refractivity contribution < 1.29 is 24.2 Å². The SMILES string of the molecule is CC/C=C\CC(=O)O[C@@H](CO)COC(=O)CCCCCCCCCCCCCCC. The van der Waals surface area contributed by atoms with Crippen LogP contribution in [-0.2, 0) is 19.1 Å². The molecule has 0 spiro atoms. The molecule has 0 unspecified atom stereocenters. The molecule has 0 aromatic carbocycles. The lowest BCUT2D eigenvalue weighted by atomic mass is 10.0. The number of hydrogen-bond donors (Lipinski definition) is 1. The number of aliphatic hydroxyl groups excluding tert-OH is 1. The molecule has 0 aliphatic carbocycles. The van der Waals surface area contributed by atoms with E-state index in [1.807, 2.05) is 13.0 Å². The monoisotopic (exact) mass is 426 g/mol. The first kappa shape index (κ1) is 28.6. The fraction of sp³-hybridized carbons (Fsp3) is 0.840. The highest BCUT2D eigenvalue weighted by molar-refractivity contribution is 5.71. The maximum absolute atomic E-state index is 11.8. The summed E-state index contributed by atoms with van der Waals surface area (Å²) in [6.45, 7) is 3.80. The summed E-state index contributed by atoms with van der Waals surface area (Å²) in [6, 6.07) is 0. The highest BCUT2D eigenvalue weighted by Crippen LogP contribution is 2.13. The fourth-order valence-electron chi connectivity index (χ4n) is 3.25. The van der Waals surface area contributed by atoms with E-state index < -0.39 is 12.1 Å². The zero-order chi connectivity index (χ0) is 22.3. The van der Waals surface area contributed by atoms with Crippen LogP contribution >= 0.6 is 0 Å². The topological polar surface area (TPSA) is 72.8 Å². The van der Waals surface area contributed by atoms with Crippen molar-refractivity contribution in [2.24, 2.45) is 0 Å². The summed E-state index contributed by atoms with van der Waals surface area (Å²) in [6.07, 6.45) is 20.7. The third-order valence-electron chi connectivity index (χ3n) is 5.10. The molecule has 0 fully saturated rings. The van der Waals surface area contributed by atoms with E-state index in [1.165, 1.54) is 64.2 Å². The van der Waals surface area contributed by atoms with Gasteiger partial charge < -0.3 is 14.6 Å². The Hall–Kier alpha value is -1.36. The maximum atomic E-state index is 11.8. The molecule has 0 amide bonds. The number of aliphatic hydroxyl groups is 1. The Morgan fingerprint density at radius 1 is 0.767 bits per heavy atom. The average molecular weight is 427 g/mol. The molecule has 0 rings (SSSR count). The van der Waals surface area contributed by atoms with Crippen LogP contribution in [0.1, 0.15) is 117 Å². The number of esters is 2. The molecule has 0 aromatic rings. The van der Waals surface area contributed by atoms with Crippen LogP contribution < -0.4 is 0 Å². The van der Waals surface area contributed by atoms with Crippen molar-refractivity contribution in [1.29, 1.82) is 0 Å². The van der Waals surface area contributed by atoms with Gasteiger partial charge in [0.15, 0.2) is 6.10 Å². The van der Waals surface area contributed by atoms with Crippen LogP contribution in [0.5, 0.6) is 0 Å². The van der Waals surface area contributed by atoms with E-state index in [0.717, 1.165) is 25.7 Å². The largest absolute Gasteiger partial charge is 0.462 e. The summed E-state index contributed by atoms with van der Waals surface area (Å²) >= 11 is 0. The van der Waals surface area contributed by atoms with Crippen LogP contribution in [0.15, 0.2) is 12.2 Å². The normalized spacial score (nSPS) is 12.2. The van der Waals surface area contributed by atoms with E-state index >= 15 is 0 Å². The Morgan fingerprint density at radius 3 is 1.80 bits per heavy atom. The van der Waals surface area contributed by atoms with Crippen molar-refractivity contribution in [3.05, 3.63) is 12.2 Å². The van der Waals surface area contributed by atoms with Crippen LogP contribution in [0.2, 0.25) is 0 Å². The second-order valence-corrected chi connectivity index (χ2v) is 8.05. The second kappa shape index (κ2) is 22.3. The first-order chi connectivity index (χ1) is 14.6. The van der Waals surface area contributed by atoms with Crippen LogP contribution in [-0.4, -0.2) is 36.4 Å². The highest BCUT2D eigenvalue weighted by Gasteiger charge is 2.15. The van der Waals surface area contributed by atoms with Crippen LogP contribution in [0.25, 0.3) is 0 Å². The molecule has 0 bridgehead atoms. The van der Waals surface area contributed by atoms with E-state index in [9.17, 15) is 14.7 Å². The van der Waals surface area contributed by atoms with Gasteiger partial charge in [-0.05, 0) is 12.8 Å². The lowest BCUT2D eigenvalue weighted by Crippen LogP contribution is -2.28. The Bertz CT molecular complexity index is 433. The predicted molar refractivity (Wildman–Crippen MR) is 122 cm³/mol. The number of carbonyl (C=O) groups is 2. The number of allylic oxidation sites excluding steroid dienone is 1. The quantitative estimate of drug-likeness (QED) is 0.133. The van der Waals surface area contributed by atoms with Crippen molar-refractivity contribution in [3.63, 3.8) is 0 Å². The van der Waals surface area contributed by atoms with E-state index in [1.54, 1.807) is 6.08 Å². The van der Waals surface area contributed by atoms with Crippen molar-refractivity contribution in [2.75, 3.05) is 13.2 Å². The van der Waals surface area contributed by atoms with Crippen molar-refractivity contribution in [2.45, 2.75) is 123 Å². The van der Waals surface area contributed by atoms with Gasteiger partial charge >= 0.3 is 11.9 Å². The molecule has 1 atom stereocenters. The van der Waals surface area contributed by atoms with Gasteiger partial charge in [0.2, 0.25) is 0 Å². The Balaban J connectivity index is 3.53. The smallest absolute Gasteiger partial charge is 0.310 e. The molecule has 0 heterocycles. The third-order valence-corrected chi connectivity index (χ3v) is 5.10. The van der Waals surface area contributed by atoms with Gasteiger partial charge in [-0.25, -0.2) is 0 Å². The average Bonchev–Trinajstić information content (AvgIpc) is 2.74. The zero-order valence-electron chi connectivity index (χ0n) is 19.5. The van der Waals surface area contributed by atoms with Gasteiger partial charge in [0.1, 0.15) is 6.61 Å². The Labute approximate surface area is 184 Å². The summed E-state index contributed by atoms with van der Waals surface area (Å²) < 4.78 is 10.2. The molecule has 0 radical (unpaired) electrons. The molecular formula is C25H46O5. The molecule has 1 N–H and O–H groups in total. The first-order valence-corrected chi connectivity index (χ1v) is 12.2. The lowest BCUT2D eigenvalue weighted by molar-refractivity contribution is -0.160. The van der Waals surface area contributed by atoms with Gasteiger partial charge in [0, 0.05) is 6.42 Å². The number of hydrogen-bond acceptors (Lipinski definition) is 5. The van der Waals surface area contributed by atoms with Gasteiger partial charge in [0.25, 0.3) is 0 Å². The molecule has 5 nitrogen and oxygen atoms in total. The van der Waals surface area contributed by atoms with Gasteiger partial charge in [-0.15, -0.1) is 0 Å². The third kappa shape index (κ3) is 19.9. The highest BCUT2D eigenvalue weighted by atomic mass is 16.6. The predicted octanol–water partition coefficient (Wildman–Crippen LogP) is 6.27. The van der Waals surface area contributed by atoms with Gasteiger partial charge in [-0.3, -0.25) is 9.59 Å². The van der Waals surface area contributed by atoms with Crippen molar-refractivity contribution >= 4 is 11.9 Å². The van der Waals surface area contributed by atoms with E-state index in [0.29, 0.717) is 6.42 Å². The van der Waals surface area contributed by atoms with E-state index in [4.69, 9.17) is 9.47 Å². The van der Waals surface area contributed by atoms with Crippen molar-refractivity contribution in [3.8, 4) is 0 Å². The van der Waals surface area contributed by atoms with E-state index in [-0.39, 0.29) is 25.6 Å². The van der Waals surface area contributed by atoms with Gasteiger partial charge in [0.05, 0.1) is 13.0 Å². The summed E-state index contributed by atoms with van der Waals surface area (Å²) in [5, 5.41) is 9.27. The number of carbonyl (C=O) groups excluding carboxylic acids is 2. The Kier molecular flexibility index (Phi) is 21.3. The number of ether oxygens (including phenoxy) is 2. The van der Waals surface area contributed by atoms with Crippen LogP contribution in [0.4, 0.5) is 0 Å². The molecule has 30 heavy (non-hydrogen) atoms. The first-order valence-electron chi connectivity index (χ1n) is 12.2. The molecule has 0 saturated heterocycles. The minimum absolute atomic E-state index is 0.0863. The lowest BCUT2D eigenvalue weighted by Gasteiger charge is -2.15. The molecule has 0 aliphatic rings. The molecular weight excluding hydrogens is 380 g/mol. The standard InChI is InChI=1S/C25H46O5/c1-3-5-7-8-9-10-11-12-13-14-15-16-18-19-24(27)29-22-23(21-26)30-25(28)20-17-6-4-2/h6,17,23,26H,3-5,7-16,18-22H2,1-2H3/b17-6-/t23-/m0/s1. The maximum Gasteiger partial charge on any atom is 0.310 e. The van der Waals surface area contributed by atoms with Crippen LogP contribution in [0.3, 0.4) is 0 Å². The second-order valence-electron chi connectivity index (χ2n) is 8.05. The number of unbranched alkanes of at least 4 members (excludes halogenated alkanes) is 12. The molecule has 0 saturated carbocycles. The Morgan fingerprint density at radius 2 is 1.30 bits per heavy atom. The van der Waals surface area contributed by atoms with Crippen molar-refractivity contribution in [1.82, 2.24) is 0 Å². The number of rotatable bonds is 21. The molecule has 5 heteroatoms.